The maximum absolute atomic E-state index is 11.7. The second kappa shape index (κ2) is 6.54. The second-order valence-electron chi connectivity index (χ2n) is 4.81. The van der Waals surface area contributed by atoms with Crippen molar-refractivity contribution in [3.63, 3.8) is 0 Å². The van der Waals surface area contributed by atoms with Crippen molar-refractivity contribution < 1.29 is 14.3 Å². The fourth-order valence-electron chi connectivity index (χ4n) is 2.26. The van der Waals surface area contributed by atoms with Crippen LogP contribution >= 0.6 is 0 Å². The van der Waals surface area contributed by atoms with E-state index in [1.54, 1.807) is 7.11 Å². The molecule has 0 saturated carbocycles. The maximum atomic E-state index is 11.7. The number of likely N-dealkylation sites (N-methyl/N-ethyl adjacent to an activating group) is 1. The Balaban J connectivity index is 1.78. The lowest BCUT2D eigenvalue weighted by atomic mass is 10.2. The number of methoxy groups -OCH3 is 1. The van der Waals surface area contributed by atoms with Gasteiger partial charge in [0, 0.05) is 20.2 Å². The molecule has 1 aliphatic rings. The summed E-state index contributed by atoms with van der Waals surface area (Å²) >= 11 is 0. The zero-order chi connectivity index (χ0) is 13.7. The van der Waals surface area contributed by atoms with Gasteiger partial charge in [0.05, 0.1) is 12.1 Å². The standard InChI is InChI=1S/C14H20N2O3/c1-16-8-12(13(9-16)18-2)15-14(17)19-10-11-6-4-3-5-7-11/h3-7,12-13H,8-10H2,1-2H3,(H,15,17)/t12-,13-/m1/s1. The van der Waals surface area contributed by atoms with Gasteiger partial charge in [-0.25, -0.2) is 4.79 Å². The van der Waals surface area contributed by atoms with Gasteiger partial charge in [0.15, 0.2) is 0 Å². The van der Waals surface area contributed by atoms with Crippen molar-refractivity contribution in [2.75, 3.05) is 27.2 Å². The van der Waals surface area contributed by atoms with E-state index in [-0.39, 0.29) is 18.8 Å². The van der Waals surface area contributed by atoms with Crippen LogP contribution in [0.2, 0.25) is 0 Å². The number of benzene rings is 1. The normalized spacial score (nSPS) is 23.3. The zero-order valence-corrected chi connectivity index (χ0v) is 11.3. The first kappa shape index (κ1) is 13.8. The molecule has 19 heavy (non-hydrogen) atoms. The van der Waals surface area contributed by atoms with Crippen LogP contribution in [0.5, 0.6) is 0 Å². The van der Waals surface area contributed by atoms with E-state index in [0.29, 0.717) is 0 Å². The molecule has 0 unspecified atom stereocenters. The average Bonchev–Trinajstić information content (AvgIpc) is 2.77. The first-order valence-corrected chi connectivity index (χ1v) is 6.37. The zero-order valence-electron chi connectivity index (χ0n) is 11.3. The Kier molecular flexibility index (Phi) is 4.76. The van der Waals surface area contributed by atoms with Crippen molar-refractivity contribution >= 4 is 6.09 Å². The molecule has 1 aliphatic heterocycles. The second-order valence-corrected chi connectivity index (χ2v) is 4.81. The monoisotopic (exact) mass is 264 g/mol. The smallest absolute Gasteiger partial charge is 0.407 e. The lowest BCUT2D eigenvalue weighted by Gasteiger charge is -2.18. The summed E-state index contributed by atoms with van der Waals surface area (Å²) in [7, 11) is 3.66. The van der Waals surface area contributed by atoms with Crippen LogP contribution in [0.25, 0.3) is 0 Å². The molecule has 5 heteroatoms. The van der Waals surface area contributed by atoms with Gasteiger partial charge in [-0.05, 0) is 12.6 Å². The summed E-state index contributed by atoms with van der Waals surface area (Å²) in [5, 5.41) is 2.85. The number of alkyl carbamates (subject to hydrolysis) is 1. The Labute approximate surface area is 113 Å². The first-order valence-electron chi connectivity index (χ1n) is 6.37. The minimum Gasteiger partial charge on any atom is -0.445 e. The number of nitrogens with zero attached hydrogens (tertiary/aromatic N) is 1. The number of hydrogen-bond donors (Lipinski definition) is 1. The highest BCUT2D eigenvalue weighted by atomic mass is 16.5. The number of carbonyl (C=O) groups is 1. The fourth-order valence-corrected chi connectivity index (χ4v) is 2.26. The van der Waals surface area contributed by atoms with Gasteiger partial charge in [0.1, 0.15) is 6.61 Å². The van der Waals surface area contributed by atoms with Crippen LogP contribution in [0.15, 0.2) is 30.3 Å². The molecule has 104 valence electrons. The number of nitrogens with one attached hydrogen (secondary N) is 1. The highest BCUT2D eigenvalue weighted by molar-refractivity contribution is 5.67. The van der Waals surface area contributed by atoms with Crippen molar-refractivity contribution in [2.24, 2.45) is 0 Å². The summed E-state index contributed by atoms with van der Waals surface area (Å²) in [5.41, 5.74) is 0.976. The van der Waals surface area contributed by atoms with Gasteiger partial charge in [-0.15, -0.1) is 0 Å². The number of hydrogen-bond acceptors (Lipinski definition) is 4. The van der Waals surface area contributed by atoms with Crippen molar-refractivity contribution in [3.05, 3.63) is 35.9 Å². The summed E-state index contributed by atoms with van der Waals surface area (Å²) in [6.07, 6.45) is -0.375. The Bertz CT molecular complexity index is 410. The molecule has 1 aromatic carbocycles. The van der Waals surface area contributed by atoms with Crippen molar-refractivity contribution in [3.8, 4) is 0 Å². The molecule has 1 heterocycles. The SMILES string of the molecule is CO[C@@H]1CN(C)C[C@H]1NC(=O)OCc1ccccc1. The van der Waals surface area contributed by atoms with Crippen LogP contribution in [-0.4, -0.2) is 50.4 Å². The van der Waals surface area contributed by atoms with Crippen molar-refractivity contribution in [2.45, 2.75) is 18.8 Å². The molecule has 1 saturated heterocycles. The van der Waals surface area contributed by atoms with Crippen LogP contribution < -0.4 is 5.32 Å². The van der Waals surface area contributed by atoms with E-state index in [4.69, 9.17) is 9.47 Å². The van der Waals surface area contributed by atoms with Crippen molar-refractivity contribution in [1.29, 1.82) is 0 Å². The minimum atomic E-state index is -0.397. The van der Waals surface area contributed by atoms with E-state index >= 15 is 0 Å². The predicted molar refractivity (Wildman–Crippen MR) is 71.8 cm³/mol. The first-order chi connectivity index (χ1) is 9.19. The number of amides is 1. The van der Waals surface area contributed by atoms with Crippen LogP contribution in [0.4, 0.5) is 4.79 Å². The van der Waals surface area contributed by atoms with Gasteiger partial charge in [-0.3, -0.25) is 0 Å². The maximum Gasteiger partial charge on any atom is 0.407 e. The molecule has 0 aromatic heterocycles. The molecule has 1 fully saturated rings. The molecule has 0 radical (unpaired) electrons. The summed E-state index contributed by atoms with van der Waals surface area (Å²) in [5.74, 6) is 0. The molecule has 0 bridgehead atoms. The van der Waals surface area contributed by atoms with E-state index in [1.165, 1.54) is 0 Å². The third-order valence-corrected chi connectivity index (χ3v) is 3.27. The lowest BCUT2D eigenvalue weighted by Crippen LogP contribution is -2.43. The molecular formula is C14H20N2O3. The van der Waals surface area contributed by atoms with Gasteiger partial charge in [-0.1, -0.05) is 30.3 Å². The van der Waals surface area contributed by atoms with Crippen LogP contribution in [0, 0.1) is 0 Å². The third-order valence-electron chi connectivity index (χ3n) is 3.27. The van der Waals surface area contributed by atoms with Crippen molar-refractivity contribution in [1.82, 2.24) is 10.2 Å². The molecule has 0 spiro atoms. The molecule has 1 N–H and O–H groups in total. The van der Waals surface area contributed by atoms with Crippen LogP contribution in [0.1, 0.15) is 5.56 Å². The Morgan fingerprint density at radius 1 is 1.37 bits per heavy atom. The minimum absolute atomic E-state index is 0.0155. The van der Waals surface area contributed by atoms with Gasteiger partial charge < -0.3 is 19.7 Å². The van der Waals surface area contributed by atoms with Gasteiger partial charge in [0.2, 0.25) is 0 Å². The summed E-state index contributed by atoms with van der Waals surface area (Å²) < 4.78 is 10.5. The number of likely N-dealkylation sites (tertiary alicyclic amines) is 1. The highest BCUT2D eigenvalue weighted by Crippen LogP contribution is 2.11. The van der Waals surface area contributed by atoms with E-state index in [0.717, 1.165) is 18.7 Å². The number of ether oxygens (including phenoxy) is 2. The van der Waals surface area contributed by atoms with E-state index in [1.807, 2.05) is 37.4 Å². The lowest BCUT2D eigenvalue weighted by molar-refractivity contribution is 0.0832. The quantitative estimate of drug-likeness (QED) is 0.889. The highest BCUT2D eigenvalue weighted by Gasteiger charge is 2.32. The topological polar surface area (TPSA) is 50.8 Å². The fraction of sp³-hybridized carbons (Fsp3) is 0.500. The van der Waals surface area contributed by atoms with Crippen LogP contribution in [-0.2, 0) is 16.1 Å². The van der Waals surface area contributed by atoms with E-state index in [2.05, 4.69) is 10.2 Å². The summed E-state index contributed by atoms with van der Waals surface area (Å²) in [4.78, 5) is 13.9. The third kappa shape index (κ3) is 3.94. The van der Waals surface area contributed by atoms with E-state index < -0.39 is 6.09 Å². The Hall–Kier alpha value is -1.59. The number of carbonyl (C=O) groups excluding carboxylic acids is 1. The molecule has 5 nitrogen and oxygen atoms in total. The molecular weight excluding hydrogens is 244 g/mol. The summed E-state index contributed by atoms with van der Waals surface area (Å²) in [6, 6.07) is 9.61. The molecule has 2 rings (SSSR count). The summed E-state index contributed by atoms with van der Waals surface area (Å²) in [6.45, 7) is 1.88. The molecule has 1 aromatic rings. The largest absolute Gasteiger partial charge is 0.445 e. The predicted octanol–water partition coefficient (Wildman–Crippen LogP) is 1.24. The Morgan fingerprint density at radius 3 is 2.79 bits per heavy atom. The average molecular weight is 264 g/mol. The number of rotatable bonds is 4. The molecule has 1 amide bonds. The molecule has 0 aliphatic carbocycles. The Morgan fingerprint density at radius 2 is 2.11 bits per heavy atom. The van der Waals surface area contributed by atoms with Gasteiger partial charge in [0.25, 0.3) is 0 Å². The van der Waals surface area contributed by atoms with E-state index in [9.17, 15) is 4.79 Å². The van der Waals surface area contributed by atoms with Gasteiger partial charge in [-0.2, -0.15) is 0 Å². The van der Waals surface area contributed by atoms with Gasteiger partial charge >= 0.3 is 6.09 Å². The van der Waals surface area contributed by atoms with Crippen LogP contribution in [0.3, 0.4) is 0 Å². The molecule has 2 atom stereocenters.